The molecule has 2 atom stereocenters. The first-order chi connectivity index (χ1) is 6.24. The van der Waals surface area contributed by atoms with E-state index in [2.05, 4.69) is 13.8 Å². The van der Waals surface area contributed by atoms with Crippen LogP contribution in [0.25, 0.3) is 0 Å². The SMILES string of the molecule is CCCC(C)C(N)Cc1ccco1. The van der Waals surface area contributed by atoms with E-state index in [0.717, 1.165) is 12.2 Å². The van der Waals surface area contributed by atoms with Gasteiger partial charge in [-0.1, -0.05) is 20.3 Å². The molecule has 2 unspecified atom stereocenters. The summed E-state index contributed by atoms with van der Waals surface area (Å²) in [7, 11) is 0. The Bertz CT molecular complexity index is 218. The molecule has 0 aromatic carbocycles. The molecule has 0 radical (unpaired) electrons. The number of nitrogens with two attached hydrogens (primary N) is 1. The van der Waals surface area contributed by atoms with Crippen LogP contribution in [0.4, 0.5) is 0 Å². The van der Waals surface area contributed by atoms with Gasteiger partial charge in [0.15, 0.2) is 0 Å². The van der Waals surface area contributed by atoms with Crippen molar-refractivity contribution in [3.63, 3.8) is 0 Å². The Hall–Kier alpha value is -0.760. The van der Waals surface area contributed by atoms with Crippen molar-refractivity contribution in [1.82, 2.24) is 0 Å². The summed E-state index contributed by atoms with van der Waals surface area (Å²) < 4.78 is 5.25. The molecule has 2 heteroatoms. The summed E-state index contributed by atoms with van der Waals surface area (Å²) in [6.07, 6.45) is 4.95. The fourth-order valence-electron chi connectivity index (χ4n) is 1.53. The molecule has 13 heavy (non-hydrogen) atoms. The van der Waals surface area contributed by atoms with Crippen molar-refractivity contribution in [1.29, 1.82) is 0 Å². The van der Waals surface area contributed by atoms with Gasteiger partial charge in [-0.25, -0.2) is 0 Å². The highest BCUT2D eigenvalue weighted by Gasteiger charge is 2.13. The highest BCUT2D eigenvalue weighted by Crippen LogP contribution is 2.13. The zero-order valence-corrected chi connectivity index (χ0v) is 8.49. The molecule has 0 aliphatic rings. The fraction of sp³-hybridized carbons (Fsp3) is 0.636. The maximum absolute atomic E-state index is 6.03. The molecule has 2 N–H and O–H groups in total. The monoisotopic (exact) mass is 181 g/mol. The molecule has 1 heterocycles. The van der Waals surface area contributed by atoms with E-state index < -0.39 is 0 Å². The molecule has 0 saturated heterocycles. The van der Waals surface area contributed by atoms with Crippen molar-refractivity contribution in [3.8, 4) is 0 Å². The molecule has 0 spiro atoms. The van der Waals surface area contributed by atoms with Crippen molar-refractivity contribution in [3.05, 3.63) is 24.2 Å². The van der Waals surface area contributed by atoms with Crippen LogP contribution in [0, 0.1) is 5.92 Å². The summed E-state index contributed by atoms with van der Waals surface area (Å²) in [4.78, 5) is 0. The van der Waals surface area contributed by atoms with Gasteiger partial charge in [0, 0.05) is 12.5 Å². The second-order valence-corrected chi connectivity index (χ2v) is 3.71. The van der Waals surface area contributed by atoms with Gasteiger partial charge in [-0.05, 0) is 24.5 Å². The van der Waals surface area contributed by atoms with Gasteiger partial charge in [0.05, 0.1) is 6.26 Å². The van der Waals surface area contributed by atoms with E-state index in [1.54, 1.807) is 6.26 Å². The number of hydrogen-bond acceptors (Lipinski definition) is 2. The Morgan fingerprint density at radius 1 is 1.54 bits per heavy atom. The van der Waals surface area contributed by atoms with Crippen LogP contribution in [0.3, 0.4) is 0 Å². The van der Waals surface area contributed by atoms with Gasteiger partial charge < -0.3 is 10.2 Å². The second kappa shape index (κ2) is 5.07. The van der Waals surface area contributed by atoms with Gasteiger partial charge in [-0.3, -0.25) is 0 Å². The van der Waals surface area contributed by atoms with Crippen molar-refractivity contribution >= 4 is 0 Å². The topological polar surface area (TPSA) is 39.2 Å². The van der Waals surface area contributed by atoms with Crippen LogP contribution in [0.2, 0.25) is 0 Å². The van der Waals surface area contributed by atoms with E-state index in [0.29, 0.717) is 5.92 Å². The van der Waals surface area contributed by atoms with Crippen LogP contribution in [0.5, 0.6) is 0 Å². The van der Waals surface area contributed by atoms with E-state index in [1.807, 2.05) is 12.1 Å². The predicted molar refractivity (Wildman–Crippen MR) is 54.5 cm³/mol. The molecule has 1 rings (SSSR count). The van der Waals surface area contributed by atoms with Crippen molar-refractivity contribution in [2.24, 2.45) is 11.7 Å². The number of rotatable bonds is 5. The minimum atomic E-state index is 0.228. The van der Waals surface area contributed by atoms with Gasteiger partial charge in [0.1, 0.15) is 5.76 Å². The van der Waals surface area contributed by atoms with E-state index in [9.17, 15) is 0 Å². The lowest BCUT2D eigenvalue weighted by atomic mass is 9.94. The molecule has 1 aromatic heterocycles. The van der Waals surface area contributed by atoms with Crippen LogP contribution in [-0.2, 0) is 6.42 Å². The Kier molecular flexibility index (Phi) is 4.03. The minimum Gasteiger partial charge on any atom is -0.469 e. The molecule has 1 aromatic rings. The highest BCUT2D eigenvalue weighted by molar-refractivity contribution is 5.00. The fourth-order valence-corrected chi connectivity index (χ4v) is 1.53. The maximum atomic E-state index is 6.03. The smallest absolute Gasteiger partial charge is 0.105 e. The van der Waals surface area contributed by atoms with Crippen molar-refractivity contribution in [2.75, 3.05) is 0 Å². The van der Waals surface area contributed by atoms with Crippen LogP contribution in [0.1, 0.15) is 32.4 Å². The zero-order chi connectivity index (χ0) is 9.68. The van der Waals surface area contributed by atoms with Crippen LogP contribution in [-0.4, -0.2) is 6.04 Å². The standard InChI is InChI=1S/C11H19NO/c1-3-5-9(2)11(12)8-10-6-4-7-13-10/h4,6-7,9,11H,3,5,8,12H2,1-2H3. The lowest BCUT2D eigenvalue weighted by Crippen LogP contribution is -2.30. The van der Waals surface area contributed by atoms with Crippen LogP contribution >= 0.6 is 0 Å². The van der Waals surface area contributed by atoms with E-state index in [1.165, 1.54) is 12.8 Å². The molecule has 0 fully saturated rings. The Morgan fingerprint density at radius 3 is 2.85 bits per heavy atom. The lowest BCUT2D eigenvalue weighted by Gasteiger charge is -2.17. The summed E-state index contributed by atoms with van der Waals surface area (Å²) in [5, 5.41) is 0. The average Bonchev–Trinajstić information content (AvgIpc) is 2.57. The van der Waals surface area contributed by atoms with Gasteiger partial charge in [-0.15, -0.1) is 0 Å². The molecule has 0 aliphatic heterocycles. The van der Waals surface area contributed by atoms with E-state index in [4.69, 9.17) is 10.2 Å². The minimum absolute atomic E-state index is 0.228. The summed E-state index contributed by atoms with van der Waals surface area (Å²) >= 11 is 0. The first-order valence-corrected chi connectivity index (χ1v) is 5.02. The molecule has 0 amide bonds. The predicted octanol–water partition coefficient (Wildman–Crippen LogP) is 2.59. The molecule has 0 bridgehead atoms. The Balaban J connectivity index is 2.36. The van der Waals surface area contributed by atoms with Gasteiger partial charge >= 0.3 is 0 Å². The van der Waals surface area contributed by atoms with E-state index >= 15 is 0 Å². The lowest BCUT2D eigenvalue weighted by molar-refractivity contribution is 0.389. The third-order valence-corrected chi connectivity index (χ3v) is 2.49. The molecule has 2 nitrogen and oxygen atoms in total. The molecule has 0 saturated carbocycles. The molecule has 74 valence electrons. The average molecular weight is 181 g/mol. The maximum Gasteiger partial charge on any atom is 0.105 e. The largest absolute Gasteiger partial charge is 0.469 e. The van der Waals surface area contributed by atoms with Crippen LogP contribution in [0.15, 0.2) is 22.8 Å². The third-order valence-electron chi connectivity index (χ3n) is 2.49. The van der Waals surface area contributed by atoms with Gasteiger partial charge in [0.25, 0.3) is 0 Å². The normalized spacial score (nSPS) is 15.6. The molecular weight excluding hydrogens is 162 g/mol. The Morgan fingerprint density at radius 2 is 2.31 bits per heavy atom. The first kappa shape index (κ1) is 10.3. The first-order valence-electron chi connectivity index (χ1n) is 5.02. The zero-order valence-electron chi connectivity index (χ0n) is 8.49. The van der Waals surface area contributed by atoms with Crippen LogP contribution < -0.4 is 5.73 Å². The molecule has 0 aliphatic carbocycles. The second-order valence-electron chi connectivity index (χ2n) is 3.71. The van der Waals surface area contributed by atoms with E-state index in [-0.39, 0.29) is 6.04 Å². The van der Waals surface area contributed by atoms with Crippen molar-refractivity contribution < 1.29 is 4.42 Å². The summed E-state index contributed by atoms with van der Waals surface area (Å²) in [6, 6.07) is 4.12. The van der Waals surface area contributed by atoms with Gasteiger partial charge in [0.2, 0.25) is 0 Å². The quantitative estimate of drug-likeness (QED) is 0.758. The summed E-state index contributed by atoms with van der Waals surface area (Å²) in [5.41, 5.74) is 6.03. The number of hydrogen-bond donors (Lipinski definition) is 1. The van der Waals surface area contributed by atoms with Gasteiger partial charge in [-0.2, -0.15) is 0 Å². The summed E-state index contributed by atoms with van der Waals surface area (Å²) in [6.45, 7) is 4.40. The Labute approximate surface area is 80.1 Å². The summed E-state index contributed by atoms with van der Waals surface area (Å²) in [5.74, 6) is 1.57. The highest BCUT2D eigenvalue weighted by atomic mass is 16.3. The van der Waals surface area contributed by atoms with Crippen molar-refractivity contribution in [2.45, 2.75) is 39.2 Å². The third kappa shape index (κ3) is 3.23. The number of furan rings is 1. The molecular formula is C11H19NO.